The van der Waals surface area contributed by atoms with E-state index >= 15 is 0 Å². The number of hydrogen-bond donors (Lipinski definition) is 1. The highest BCUT2D eigenvalue weighted by Gasteiger charge is 2.31. The van der Waals surface area contributed by atoms with Crippen LogP contribution in [-0.4, -0.2) is 69.0 Å². The number of sulfonamides is 1. The minimum atomic E-state index is -4.02. The van der Waals surface area contributed by atoms with Gasteiger partial charge in [-0.2, -0.15) is 0 Å². The summed E-state index contributed by atoms with van der Waals surface area (Å²) < 4.78 is 47.2. The highest BCUT2D eigenvalue weighted by atomic mass is 35.5. The maximum atomic E-state index is 13.8. The Morgan fingerprint density at radius 2 is 1.60 bits per heavy atom. The molecule has 2 fully saturated rings. The highest BCUT2D eigenvalue weighted by molar-refractivity contribution is 7.89. The average Bonchev–Trinajstić information content (AvgIpc) is 2.84. The second-order valence-corrected chi connectivity index (χ2v) is 11.3. The van der Waals surface area contributed by atoms with Gasteiger partial charge in [0.1, 0.15) is 11.0 Å². The molecule has 0 spiro atoms. The molecule has 2 aliphatic heterocycles. The van der Waals surface area contributed by atoms with Crippen molar-refractivity contribution in [2.75, 3.05) is 32.7 Å². The molecule has 4 rings (SSSR count). The molecule has 0 unspecified atom stereocenters. The number of nitrogens with one attached hydrogen (secondary N) is 1. The van der Waals surface area contributed by atoms with Crippen LogP contribution >= 0.6 is 23.2 Å². The third-order valence-electron chi connectivity index (χ3n) is 6.54. The number of piperidine rings is 2. The number of para-hydroxylation sites is 1. The summed E-state index contributed by atoms with van der Waals surface area (Å²) in [5.74, 6) is -0.332. The lowest BCUT2D eigenvalue weighted by Gasteiger charge is -2.41. The van der Waals surface area contributed by atoms with Crippen LogP contribution in [0.1, 0.15) is 25.7 Å². The van der Waals surface area contributed by atoms with Gasteiger partial charge in [-0.05, 0) is 49.9 Å². The van der Waals surface area contributed by atoms with E-state index in [2.05, 4.69) is 9.62 Å². The number of benzene rings is 2. The monoisotopic (exact) mass is 543 g/mol. The lowest BCUT2D eigenvalue weighted by atomic mass is 9.98. The van der Waals surface area contributed by atoms with Crippen LogP contribution in [-0.2, 0) is 14.8 Å². The molecule has 1 amide bonds. The molecule has 2 saturated heterocycles. The van der Waals surface area contributed by atoms with Gasteiger partial charge in [0.25, 0.3) is 0 Å². The molecule has 190 valence electrons. The molecule has 1 N–H and O–H groups in total. The quantitative estimate of drug-likeness (QED) is 0.572. The van der Waals surface area contributed by atoms with Gasteiger partial charge < -0.3 is 9.64 Å². The maximum absolute atomic E-state index is 13.8. The third kappa shape index (κ3) is 6.46. The molecule has 0 atom stereocenters. The van der Waals surface area contributed by atoms with Gasteiger partial charge in [0.05, 0.1) is 16.6 Å². The molecule has 0 aromatic heterocycles. The van der Waals surface area contributed by atoms with E-state index in [9.17, 15) is 17.6 Å². The van der Waals surface area contributed by atoms with Crippen LogP contribution in [0, 0.1) is 5.82 Å². The van der Waals surface area contributed by atoms with Crippen molar-refractivity contribution in [1.29, 1.82) is 0 Å². The first-order valence-corrected chi connectivity index (χ1v) is 13.8. The number of carbonyl (C=O) groups excluding carboxylic acids is 1. The van der Waals surface area contributed by atoms with Crippen molar-refractivity contribution in [1.82, 2.24) is 14.5 Å². The Hall–Kier alpha value is -1.91. The second kappa shape index (κ2) is 11.4. The average molecular weight is 544 g/mol. The third-order valence-corrected chi connectivity index (χ3v) is 8.90. The maximum Gasteiger partial charge on any atom is 0.244 e. The van der Waals surface area contributed by atoms with Gasteiger partial charge in [0.15, 0.2) is 11.6 Å². The largest absolute Gasteiger partial charge is 0.487 e. The van der Waals surface area contributed by atoms with E-state index in [1.807, 2.05) is 0 Å². The number of rotatable bonds is 7. The molecule has 0 radical (unpaired) electrons. The van der Waals surface area contributed by atoms with Crippen LogP contribution in [0.4, 0.5) is 4.39 Å². The SMILES string of the molecule is O=C(CNS(=O)(=O)c1c(Cl)cccc1Cl)N1CCC(N2CCC(Oc3ccccc3F)CC2)CC1. The van der Waals surface area contributed by atoms with Crippen molar-refractivity contribution in [2.45, 2.75) is 42.7 Å². The lowest BCUT2D eigenvalue weighted by molar-refractivity contribution is -0.131. The molecule has 2 aromatic rings. The summed E-state index contributed by atoms with van der Waals surface area (Å²) in [6.07, 6.45) is 3.26. The molecule has 11 heteroatoms. The topological polar surface area (TPSA) is 79.0 Å². The van der Waals surface area contributed by atoms with Crippen LogP contribution in [0.25, 0.3) is 0 Å². The molecule has 0 saturated carbocycles. The van der Waals surface area contributed by atoms with Crippen LogP contribution in [0.15, 0.2) is 47.4 Å². The number of likely N-dealkylation sites (tertiary alicyclic amines) is 2. The predicted octanol–water partition coefficient (Wildman–Crippen LogP) is 3.95. The van der Waals surface area contributed by atoms with Crippen molar-refractivity contribution < 1.29 is 22.3 Å². The molecular formula is C24H28Cl2FN3O4S. The fraction of sp³-hybridized carbons (Fsp3) is 0.458. The number of ether oxygens (including phenoxy) is 1. The Morgan fingerprint density at radius 3 is 2.23 bits per heavy atom. The predicted molar refractivity (Wildman–Crippen MR) is 133 cm³/mol. The first-order valence-electron chi connectivity index (χ1n) is 11.6. The molecule has 7 nitrogen and oxygen atoms in total. The number of carbonyl (C=O) groups is 1. The van der Waals surface area contributed by atoms with Gasteiger partial charge in [-0.3, -0.25) is 9.69 Å². The van der Waals surface area contributed by atoms with Crippen LogP contribution in [0.3, 0.4) is 0 Å². The molecule has 2 aliphatic rings. The Labute approximate surface area is 215 Å². The Bertz CT molecular complexity index is 1130. The Kier molecular flexibility index (Phi) is 8.54. The van der Waals surface area contributed by atoms with Crippen LogP contribution < -0.4 is 9.46 Å². The Balaban J connectivity index is 1.22. The summed E-state index contributed by atoms with van der Waals surface area (Å²) in [6, 6.07) is 11.2. The summed E-state index contributed by atoms with van der Waals surface area (Å²) in [4.78, 5) is 16.5. The molecule has 0 aliphatic carbocycles. The summed E-state index contributed by atoms with van der Waals surface area (Å²) in [6.45, 7) is 2.48. The van der Waals surface area contributed by atoms with E-state index in [0.29, 0.717) is 24.9 Å². The van der Waals surface area contributed by atoms with Gasteiger partial charge in [0.2, 0.25) is 15.9 Å². The number of nitrogens with zero attached hydrogens (tertiary/aromatic N) is 2. The van der Waals surface area contributed by atoms with Crippen LogP contribution in [0.2, 0.25) is 10.0 Å². The normalized spacial score (nSPS) is 18.5. The summed E-state index contributed by atoms with van der Waals surface area (Å²) >= 11 is 12.0. The Morgan fingerprint density at radius 1 is 0.971 bits per heavy atom. The van der Waals surface area contributed by atoms with Crippen molar-refractivity contribution in [2.24, 2.45) is 0 Å². The molecular weight excluding hydrogens is 516 g/mol. The number of hydrogen-bond acceptors (Lipinski definition) is 5. The molecule has 0 bridgehead atoms. The van der Waals surface area contributed by atoms with E-state index in [0.717, 1.165) is 38.8 Å². The summed E-state index contributed by atoms with van der Waals surface area (Å²) in [5.41, 5.74) is 0. The lowest BCUT2D eigenvalue weighted by Crippen LogP contribution is -2.51. The van der Waals surface area contributed by atoms with Crippen LogP contribution in [0.5, 0.6) is 5.75 Å². The van der Waals surface area contributed by atoms with Crippen molar-refractivity contribution in [3.05, 3.63) is 58.3 Å². The van der Waals surface area contributed by atoms with E-state index in [1.165, 1.54) is 18.2 Å². The fourth-order valence-corrected chi connectivity index (χ4v) is 6.75. The number of amides is 1. The van der Waals surface area contributed by atoms with Crippen molar-refractivity contribution in [3.8, 4) is 5.75 Å². The van der Waals surface area contributed by atoms with Gasteiger partial charge in [-0.25, -0.2) is 17.5 Å². The molecule has 35 heavy (non-hydrogen) atoms. The summed E-state index contributed by atoms with van der Waals surface area (Å²) in [7, 11) is -4.02. The van der Waals surface area contributed by atoms with Gasteiger partial charge >= 0.3 is 0 Å². The van der Waals surface area contributed by atoms with Crippen molar-refractivity contribution in [3.63, 3.8) is 0 Å². The van der Waals surface area contributed by atoms with Crippen molar-refractivity contribution >= 4 is 39.1 Å². The van der Waals surface area contributed by atoms with E-state index in [-0.39, 0.29) is 39.3 Å². The van der Waals surface area contributed by atoms with Gasteiger partial charge in [0, 0.05) is 32.2 Å². The minimum absolute atomic E-state index is 0.00124. The molecule has 2 aromatic carbocycles. The first-order chi connectivity index (χ1) is 16.7. The standard InChI is InChI=1S/C24H28Cl2FN3O4S/c25-19-4-3-5-20(26)24(19)35(32,33)28-16-23(31)30-12-8-17(9-13-30)29-14-10-18(11-15-29)34-22-7-2-1-6-21(22)27/h1-7,17-18,28H,8-16H2. The number of halogens is 3. The fourth-order valence-electron chi connectivity index (χ4n) is 4.64. The van der Waals surface area contributed by atoms with Gasteiger partial charge in [-0.1, -0.05) is 41.4 Å². The van der Waals surface area contributed by atoms with E-state index in [1.54, 1.807) is 29.2 Å². The van der Waals surface area contributed by atoms with Gasteiger partial charge in [-0.15, -0.1) is 0 Å². The first kappa shape index (κ1) is 26.2. The zero-order chi connectivity index (χ0) is 25.0. The smallest absolute Gasteiger partial charge is 0.244 e. The second-order valence-electron chi connectivity index (χ2n) is 8.77. The minimum Gasteiger partial charge on any atom is -0.487 e. The zero-order valence-corrected chi connectivity index (χ0v) is 21.5. The van der Waals surface area contributed by atoms with E-state index < -0.39 is 10.0 Å². The van der Waals surface area contributed by atoms with E-state index in [4.69, 9.17) is 27.9 Å². The highest BCUT2D eigenvalue weighted by Crippen LogP contribution is 2.29. The summed E-state index contributed by atoms with van der Waals surface area (Å²) in [5, 5.41) is 0.00248. The zero-order valence-electron chi connectivity index (χ0n) is 19.1. The molecule has 2 heterocycles.